The zero-order valence-electron chi connectivity index (χ0n) is 16.5. The summed E-state index contributed by atoms with van der Waals surface area (Å²) in [6.07, 6.45) is -3.77. The van der Waals surface area contributed by atoms with Gasteiger partial charge in [-0.1, -0.05) is 0 Å². The SMILES string of the molecule is NC(=O)c1nc(-c2ccc(Oc3ccc(C(F)(F)F)cn3)cc2)nc(N2CCOCC2)n1. The van der Waals surface area contributed by atoms with Crippen LogP contribution in [-0.4, -0.2) is 52.1 Å². The molecule has 1 fully saturated rings. The van der Waals surface area contributed by atoms with E-state index in [9.17, 15) is 18.0 Å². The Morgan fingerprint density at radius 2 is 1.75 bits per heavy atom. The molecular weight excluding hydrogens is 429 g/mol. The zero-order valence-corrected chi connectivity index (χ0v) is 16.5. The minimum atomic E-state index is -4.47. The Bertz CT molecular complexity index is 1100. The van der Waals surface area contributed by atoms with Gasteiger partial charge in [0.05, 0.1) is 18.8 Å². The molecule has 0 bridgehead atoms. The van der Waals surface area contributed by atoms with E-state index in [2.05, 4.69) is 19.9 Å². The largest absolute Gasteiger partial charge is 0.439 e. The van der Waals surface area contributed by atoms with E-state index in [0.717, 1.165) is 12.1 Å². The standard InChI is InChI=1S/C20H17F3N6O3/c21-20(22,23)13-3-6-15(25-11-13)32-14-4-1-12(2-5-14)17-26-18(16(24)30)28-19(27-17)29-7-9-31-10-8-29/h1-6,11H,7-10H2,(H2,24,30). The van der Waals surface area contributed by atoms with Crippen LogP contribution in [0.15, 0.2) is 42.6 Å². The molecule has 2 N–H and O–H groups in total. The fourth-order valence-electron chi connectivity index (χ4n) is 2.91. The zero-order chi connectivity index (χ0) is 22.7. The molecule has 9 nitrogen and oxygen atoms in total. The molecule has 166 valence electrons. The van der Waals surface area contributed by atoms with E-state index in [0.29, 0.717) is 49.8 Å². The van der Waals surface area contributed by atoms with Gasteiger partial charge >= 0.3 is 6.18 Å². The number of rotatable bonds is 5. The van der Waals surface area contributed by atoms with Gasteiger partial charge in [0.25, 0.3) is 5.91 Å². The Balaban J connectivity index is 1.55. The van der Waals surface area contributed by atoms with Crippen molar-refractivity contribution in [2.75, 3.05) is 31.2 Å². The molecule has 3 heterocycles. The van der Waals surface area contributed by atoms with Crippen LogP contribution in [0.3, 0.4) is 0 Å². The number of amides is 1. The van der Waals surface area contributed by atoms with Gasteiger partial charge in [0.1, 0.15) is 5.75 Å². The molecule has 1 aliphatic heterocycles. The monoisotopic (exact) mass is 446 g/mol. The number of hydrogen-bond donors (Lipinski definition) is 1. The summed E-state index contributed by atoms with van der Waals surface area (Å²) in [5, 5.41) is 0. The van der Waals surface area contributed by atoms with E-state index in [1.54, 1.807) is 24.3 Å². The lowest BCUT2D eigenvalue weighted by Gasteiger charge is -2.26. The maximum Gasteiger partial charge on any atom is 0.417 e. The molecule has 0 saturated carbocycles. The van der Waals surface area contributed by atoms with Crippen LogP contribution >= 0.6 is 0 Å². The van der Waals surface area contributed by atoms with Crippen molar-refractivity contribution in [3.8, 4) is 23.0 Å². The number of ether oxygens (including phenoxy) is 2. The van der Waals surface area contributed by atoms with Gasteiger partial charge in [0, 0.05) is 30.9 Å². The Labute approximate surface area is 180 Å². The molecule has 1 aliphatic rings. The highest BCUT2D eigenvalue weighted by molar-refractivity contribution is 5.89. The minimum Gasteiger partial charge on any atom is -0.439 e. The second-order valence-electron chi connectivity index (χ2n) is 6.76. The predicted molar refractivity (Wildman–Crippen MR) is 106 cm³/mol. The molecule has 12 heteroatoms. The molecule has 0 aliphatic carbocycles. The maximum absolute atomic E-state index is 12.6. The van der Waals surface area contributed by atoms with Crippen LogP contribution in [0.4, 0.5) is 19.1 Å². The third-order valence-corrected chi connectivity index (χ3v) is 4.54. The summed E-state index contributed by atoms with van der Waals surface area (Å²) in [6, 6.07) is 8.47. The molecule has 0 unspecified atom stereocenters. The first kappa shape index (κ1) is 21.4. The Hall–Kier alpha value is -3.80. The maximum atomic E-state index is 12.6. The molecular formula is C20H17F3N6O3. The van der Waals surface area contributed by atoms with E-state index in [1.807, 2.05) is 4.90 Å². The van der Waals surface area contributed by atoms with Gasteiger partial charge in [-0.3, -0.25) is 4.79 Å². The predicted octanol–water partition coefficient (Wildman–Crippen LogP) is 2.68. The van der Waals surface area contributed by atoms with Crippen LogP contribution < -0.4 is 15.4 Å². The normalized spacial score (nSPS) is 14.3. The fraction of sp³-hybridized carbons (Fsp3) is 0.250. The molecule has 1 amide bonds. The summed E-state index contributed by atoms with van der Waals surface area (Å²) in [6.45, 7) is 2.15. The lowest BCUT2D eigenvalue weighted by molar-refractivity contribution is -0.137. The van der Waals surface area contributed by atoms with Gasteiger partial charge in [-0.25, -0.2) is 9.97 Å². The number of carbonyl (C=O) groups excluding carboxylic acids is 1. The first-order chi connectivity index (χ1) is 15.3. The minimum absolute atomic E-state index is 0.0107. The number of hydrogen-bond acceptors (Lipinski definition) is 8. The molecule has 2 aromatic heterocycles. The van der Waals surface area contributed by atoms with Crippen LogP contribution in [0.25, 0.3) is 11.4 Å². The number of anilines is 1. The number of primary amides is 1. The number of aromatic nitrogens is 4. The Morgan fingerprint density at radius 1 is 1.03 bits per heavy atom. The number of carbonyl (C=O) groups is 1. The first-order valence-corrected chi connectivity index (χ1v) is 9.50. The number of nitrogens with zero attached hydrogens (tertiary/aromatic N) is 5. The van der Waals surface area contributed by atoms with E-state index in [1.165, 1.54) is 0 Å². The van der Waals surface area contributed by atoms with Crippen molar-refractivity contribution in [3.05, 3.63) is 54.0 Å². The number of morpholine rings is 1. The van der Waals surface area contributed by atoms with E-state index in [-0.39, 0.29) is 17.5 Å². The smallest absolute Gasteiger partial charge is 0.417 e. The average Bonchev–Trinajstić information content (AvgIpc) is 2.79. The highest BCUT2D eigenvalue weighted by Gasteiger charge is 2.30. The Morgan fingerprint density at radius 3 is 2.34 bits per heavy atom. The number of alkyl halides is 3. The van der Waals surface area contributed by atoms with E-state index < -0.39 is 17.6 Å². The topological polar surface area (TPSA) is 116 Å². The summed E-state index contributed by atoms with van der Waals surface area (Å²) in [4.78, 5) is 29.9. The van der Waals surface area contributed by atoms with Gasteiger partial charge in [0.2, 0.25) is 17.7 Å². The molecule has 0 radical (unpaired) electrons. The van der Waals surface area contributed by atoms with Crippen molar-refractivity contribution in [2.24, 2.45) is 5.73 Å². The third-order valence-electron chi connectivity index (χ3n) is 4.54. The van der Waals surface area contributed by atoms with Crippen molar-refractivity contribution in [3.63, 3.8) is 0 Å². The fourth-order valence-corrected chi connectivity index (χ4v) is 2.91. The van der Waals surface area contributed by atoms with E-state index in [4.69, 9.17) is 15.2 Å². The number of nitrogens with two attached hydrogens (primary N) is 1. The summed E-state index contributed by atoms with van der Waals surface area (Å²) in [7, 11) is 0. The number of benzene rings is 1. The van der Waals surface area contributed by atoms with Gasteiger partial charge in [-0.15, -0.1) is 0 Å². The molecule has 1 saturated heterocycles. The van der Waals surface area contributed by atoms with Crippen molar-refractivity contribution in [1.82, 2.24) is 19.9 Å². The Kier molecular flexibility index (Phi) is 5.86. The lowest BCUT2D eigenvalue weighted by Crippen LogP contribution is -2.38. The van der Waals surface area contributed by atoms with E-state index >= 15 is 0 Å². The molecule has 0 spiro atoms. The third kappa shape index (κ3) is 4.91. The van der Waals surface area contributed by atoms with Crippen LogP contribution in [0, 0.1) is 0 Å². The summed E-state index contributed by atoms with van der Waals surface area (Å²) < 4.78 is 48.7. The molecule has 1 aromatic carbocycles. The molecule has 32 heavy (non-hydrogen) atoms. The van der Waals surface area contributed by atoms with Crippen molar-refractivity contribution < 1.29 is 27.4 Å². The van der Waals surface area contributed by atoms with Crippen LogP contribution in [0.2, 0.25) is 0 Å². The summed E-state index contributed by atoms with van der Waals surface area (Å²) in [5.74, 6) is -0.0201. The number of pyridine rings is 1. The van der Waals surface area contributed by atoms with Crippen LogP contribution in [0.5, 0.6) is 11.6 Å². The van der Waals surface area contributed by atoms with Gasteiger partial charge in [-0.2, -0.15) is 23.1 Å². The van der Waals surface area contributed by atoms with Gasteiger partial charge < -0.3 is 20.1 Å². The highest BCUT2D eigenvalue weighted by Crippen LogP contribution is 2.30. The highest BCUT2D eigenvalue weighted by atomic mass is 19.4. The number of halogens is 3. The molecule has 0 atom stereocenters. The van der Waals surface area contributed by atoms with Crippen LogP contribution in [-0.2, 0) is 10.9 Å². The quantitative estimate of drug-likeness (QED) is 0.636. The second-order valence-corrected chi connectivity index (χ2v) is 6.76. The average molecular weight is 446 g/mol. The van der Waals surface area contributed by atoms with Crippen molar-refractivity contribution in [2.45, 2.75) is 6.18 Å². The molecule has 3 aromatic rings. The molecule has 4 rings (SSSR count). The van der Waals surface area contributed by atoms with Crippen molar-refractivity contribution in [1.29, 1.82) is 0 Å². The van der Waals surface area contributed by atoms with Crippen molar-refractivity contribution >= 4 is 11.9 Å². The van der Waals surface area contributed by atoms with Gasteiger partial charge in [0.15, 0.2) is 5.82 Å². The summed E-state index contributed by atoms with van der Waals surface area (Å²) in [5.41, 5.74) is 5.08. The van der Waals surface area contributed by atoms with Gasteiger partial charge in [-0.05, 0) is 30.3 Å². The summed E-state index contributed by atoms with van der Waals surface area (Å²) >= 11 is 0. The van der Waals surface area contributed by atoms with Crippen LogP contribution in [0.1, 0.15) is 16.2 Å². The second kappa shape index (κ2) is 8.75. The lowest BCUT2D eigenvalue weighted by atomic mass is 10.2. The first-order valence-electron chi connectivity index (χ1n) is 9.50.